The van der Waals surface area contributed by atoms with Crippen molar-refractivity contribution >= 4 is 49.7 Å². The quantitative estimate of drug-likeness (QED) is 0.558. The molecule has 2 unspecified atom stereocenters. The molecular formula is C19H26N4O4S3. The van der Waals surface area contributed by atoms with Gasteiger partial charge in [0, 0.05) is 17.8 Å². The first kappa shape index (κ1) is 22.8. The van der Waals surface area contributed by atoms with Crippen LogP contribution in [0.15, 0.2) is 28.6 Å². The predicted molar refractivity (Wildman–Crippen MR) is 121 cm³/mol. The minimum atomic E-state index is -3.05. The van der Waals surface area contributed by atoms with E-state index in [1.165, 1.54) is 23.1 Å². The van der Waals surface area contributed by atoms with Gasteiger partial charge in [0.25, 0.3) is 0 Å². The summed E-state index contributed by atoms with van der Waals surface area (Å²) in [5.41, 5.74) is 0.866. The number of carbonyl (C=O) groups excluding carboxylic acids is 1. The van der Waals surface area contributed by atoms with Gasteiger partial charge in [-0.05, 0) is 44.0 Å². The normalized spacial score (nSPS) is 18.7. The number of hydrogen-bond donors (Lipinski definition) is 1. The number of sulfone groups is 1. The summed E-state index contributed by atoms with van der Waals surface area (Å²) < 4.78 is 29.6. The zero-order valence-corrected chi connectivity index (χ0v) is 19.6. The molecule has 1 aromatic carbocycles. The van der Waals surface area contributed by atoms with E-state index in [0.29, 0.717) is 15.9 Å². The Labute approximate surface area is 185 Å². The minimum Gasteiger partial charge on any atom is -0.497 e. The summed E-state index contributed by atoms with van der Waals surface area (Å²) in [5.74, 6) is 1.13. The van der Waals surface area contributed by atoms with Gasteiger partial charge < -0.3 is 15.0 Å². The Morgan fingerprint density at radius 3 is 2.70 bits per heavy atom. The van der Waals surface area contributed by atoms with E-state index >= 15 is 0 Å². The molecule has 1 saturated heterocycles. The second-order valence-electron chi connectivity index (χ2n) is 7.13. The highest BCUT2D eigenvalue weighted by molar-refractivity contribution is 8.01. The van der Waals surface area contributed by atoms with Gasteiger partial charge in [-0.3, -0.25) is 4.79 Å². The molecule has 0 aliphatic carbocycles. The number of nitrogens with zero attached hydrogens (tertiary/aromatic N) is 3. The molecule has 1 fully saturated rings. The molecule has 0 saturated carbocycles. The number of thioether (sulfide) groups is 1. The summed E-state index contributed by atoms with van der Waals surface area (Å²) in [4.78, 5) is 14.7. The molecule has 30 heavy (non-hydrogen) atoms. The third-order valence-corrected chi connectivity index (χ3v) is 8.73. The van der Waals surface area contributed by atoms with Crippen LogP contribution < -0.4 is 10.1 Å². The van der Waals surface area contributed by atoms with E-state index < -0.39 is 9.84 Å². The molecule has 0 bridgehead atoms. The van der Waals surface area contributed by atoms with Crippen molar-refractivity contribution in [2.24, 2.45) is 0 Å². The van der Waals surface area contributed by atoms with Crippen LogP contribution in [0.1, 0.15) is 26.7 Å². The van der Waals surface area contributed by atoms with Crippen LogP contribution in [-0.4, -0.2) is 65.9 Å². The first-order valence-corrected chi connectivity index (χ1v) is 13.3. The van der Waals surface area contributed by atoms with Gasteiger partial charge in [-0.15, -0.1) is 10.2 Å². The number of anilines is 2. The van der Waals surface area contributed by atoms with Crippen molar-refractivity contribution in [3.8, 4) is 5.75 Å². The maximum absolute atomic E-state index is 12.9. The van der Waals surface area contributed by atoms with Crippen LogP contribution in [0.5, 0.6) is 5.75 Å². The van der Waals surface area contributed by atoms with Crippen molar-refractivity contribution in [1.82, 2.24) is 15.1 Å². The Kier molecular flexibility index (Phi) is 7.59. The van der Waals surface area contributed by atoms with E-state index in [1.807, 2.05) is 38.1 Å². The largest absolute Gasteiger partial charge is 0.497 e. The highest BCUT2D eigenvalue weighted by Gasteiger charge is 2.36. The van der Waals surface area contributed by atoms with Crippen LogP contribution in [0.4, 0.5) is 10.8 Å². The number of amides is 1. The van der Waals surface area contributed by atoms with Crippen LogP contribution in [0.25, 0.3) is 0 Å². The lowest BCUT2D eigenvalue weighted by Gasteiger charge is -2.33. The fourth-order valence-corrected chi connectivity index (χ4v) is 6.67. The first-order valence-electron chi connectivity index (χ1n) is 9.70. The molecule has 0 radical (unpaired) electrons. The number of benzene rings is 1. The molecule has 3 rings (SSSR count). The fourth-order valence-electron chi connectivity index (χ4n) is 3.32. The Morgan fingerprint density at radius 2 is 2.10 bits per heavy atom. The van der Waals surface area contributed by atoms with E-state index in [2.05, 4.69) is 15.5 Å². The Balaban J connectivity index is 1.59. The topological polar surface area (TPSA) is 101 Å². The average molecular weight is 471 g/mol. The number of rotatable bonds is 9. The lowest BCUT2D eigenvalue weighted by Crippen LogP contribution is -2.47. The highest BCUT2D eigenvalue weighted by atomic mass is 32.2. The van der Waals surface area contributed by atoms with Gasteiger partial charge in [0.05, 0.1) is 24.4 Å². The number of nitrogens with one attached hydrogen (secondary N) is 1. The first-order chi connectivity index (χ1) is 14.3. The van der Waals surface area contributed by atoms with Crippen molar-refractivity contribution in [2.45, 2.75) is 43.1 Å². The van der Waals surface area contributed by atoms with E-state index in [9.17, 15) is 13.2 Å². The van der Waals surface area contributed by atoms with Crippen LogP contribution in [0.2, 0.25) is 0 Å². The van der Waals surface area contributed by atoms with Crippen LogP contribution in [0.3, 0.4) is 0 Å². The Hall–Kier alpha value is -1.85. The molecule has 1 aliphatic heterocycles. The number of methoxy groups -OCH3 is 1. The molecule has 1 amide bonds. The average Bonchev–Trinajstić information content (AvgIpc) is 3.32. The van der Waals surface area contributed by atoms with Gasteiger partial charge in [-0.1, -0.05) is 30.0 Å². The zero-order chi connectivity index (χ0) is 21.7. The SMILES string of the molecule is CCC(C)N(C(=O)CSc1nnc(Nc2ccc(OC)cc2)s1)C1CCS(=O)(=O)C1. The van der Waals surface area contributed by atoms with Gasteiger partial charge in [0.2, 0.25) is 11.0 Å². The summed E-state index contributed by atoms with van der Waals surface area (Å²) in [6.45, 7) is 3.97. The molecule has 0 spiro atoms. The molecule has 2 heterocycles. The van der Waals surface area contributed by atoms with Gasteiger partial charge in [-0.25, -0.2) is 8.42 Å². The van der Waals surface area contributed by atoms with Crippen LogP contribution in [0, 0.1) is 0 Å². The number of aromatic nitrogens is 2. The monoisotopic (exact) mass is 470 g/mol. The predicted octanol–water partition coefficient (Wildman–Crippen LogP) is 3.20. The number of carbonyl (C=O) groups is 1. The minimum absolute atomic E-state index is 0.00174. The Morgan fingerprint density at radius 1 is 1.37 bits per heavy atom. The Bertz CT molecular complexity index is 962. The number of ether oxygens (including phenoxy) is 1. The van der Waals surface area contributed by atoms with Crippen molar-refractivity contribution in [3.63, 3.8) is 0 Å². The molecule has 164 valence electrons. The number of hydrogen-bond acceptors (Lipinski definition) is 9. The zero-order valence-electron chi connectivity index (χ0n) is 17.2. The van der Waals surface area contributed by atoms with E-state index in [0.717, 1.165) is 17.9 Å². The van der Waals surface area contributed by atoms with Gasteiger partial charge in [0.15, 0.2) is 14.2 Å². The molecular weight excluding hydrogens is 444 g/mol. The van der Waals surface area contributed by atoms with Gasteiger partial charge >= 0.3 is 0 Å². The van der Waals surface area contributed by atoms with Gasteiger partial charge in [-0.2, -0.15) is 0 Å². The van der Waals surface area contributed by atoms with Crippen molar-refractivity contribution in [1.29, 1.82) is 0 Å². The third-order valence-electron chi connectivity index (χ3n) is 5.02. The fraction of sp³-hybridized carbons (Fsp3) is 0.526. The summed E-state index contributed by atoms with van der Waals surface area (Å²) in [7, 11) is -1.43. The maximum atomic E-state index is 12.9. The molecule has 11 heteroatoms. The lowest BCUT2D eigenvalue weighted by atomic mass is 10.1. The maximum Gasteiger partial charge on any atom is 0.233 e. The summed E-state index contributed by atoms with van der Waals surface area (Å²) >= 11 is 2.69. The van der Waals surface area contributed by atoms with E-state index in [4.69, 9.17) is 4.74 Å². The summed E-state index contributed by atoms with van der Waals surface area (Å²) in [6, 6.07) is 7.24. The smallest absolute Gasteiger partial charge is 0.233 e. The highest BCUT2D eigenvalue weighted by Crippen LogP contribution is 2.29. The van der Waals surface area contributed by atoms with Gasteiger partial charge in [0.1, 0.15) is 5.75 Å². The lowest BCUT2D eigenvalue weighted by molar-refractivity contribution is -0.132. The standard InChI is InChI=1S/C19H26N4O4S3/c1-4-13(2)23(15-9-10-30(25,26)12-15)17(24)11-28-19-22-21-18(29-19)20-14-5-7-16(27-3)8-6-14/h5-8,13,15H,4,9-12H2,1-3H3,(H,20,21). The van der Waals surface area contributed by atoms with E-state index in [1.54, 1.807) is 12.0 Å². The van der Waals surface area contributed by atoms with Crippen molar-refractivity contribution in [2.75, 3.05) is 29.7 Å². The third kappa shape index (κ3) is 5.86. The summed E-state index contributed by atoms with van der Waals surface area (Å²) in [5, 5.41) is 12.1. The van der Waals surface area contributed by atoms with Crippen LogP contribution in [-0.2, 0) is 14.6 Å². The van der Waals surface area contributed by atoms with Crippen molar-refractivity contribution in [3.05, 3.63) is 24.3 Å². The molecule has 2 atom stereocenters. The van der Waals surface area contributed by atoms with Crippen LogP contribution >= 0.6 is 23.1 Å². The molecule has 8 nitrogen and oxygen atoms in total. The second kappa shape index (κ2) is 9.97. The molecule has 1 aromatic heterocycles. The second-order valence-corrected chi connectivity index (χ2v) is 11.6. The molecule has 1 N–H and O–H groups in total. The molecule has 1 aliphatic rings. The molecule has 2 aromatic rings. The van der Waals surface area contributed by atoms with Crippen molar-refractivity contribution < 1.29 is 17.9 Å². The summed E-state index contributed by atoms with van der Waals surface area (Å²) in [6.07, 6.45) is 1.29. The van der Waals surface area contributed by atoms with E-state index in [-0.39, 0.29) is 35.2 Å².